The largest absolute Gasteiger partial charge is 0.296 e. The van der Waals surface area contributed by atoms with Crippen molar-refractivity contribution in [1.82, 2.24) is 5.32 Å². The average molecular weight is 240 g/mol. The number of fused-ring (bicyclic) bond motifs is 1. The maximum absolute atomic E-state index is 3.65. The summed E-state index contributed by atoms with van der Waals surface area (Å²) in [7, 11) is 0. The van der Waals surface area contributed by atoms with Crippen LogP contribution in [0.5, 0.6) is 0 Å². The summed E-state index contributed by atoms with van der Waals surface area (Å²) >= 11 is 3.65. The second-order valence-corrected chi connectivity index (χ2v) is 5.18. The Labute approximate surface area is 87.7 Å². The lowest BCUT2D eigenvalue weighted by molar-refractivity contribution is 0.360. The van der Waals surface area contributed by atoms with E-state index in [0.717, 1.165) is 6.42 Å². The van der Waals surface area contributed by atoms with E-state index in [4.69, 9.17) is 0 Å². The van der Waals surface area contributed by atoms with E-state index in [-0.39, 0.29) is 5.54 Å². The lowest BCUT2D eigenvalue weighted by Gasteiger charge is -2.36. The molecule has 1 atom stereocenters. The first kappa shape index (κ1) is 9.22. The van der Waals surface area contributed by atoms with Gasteiger partial charge in [0.25, 0.3) is 0 Å². The maximum Gasteiger partial charge on any atom is 0.0893 e. The Morgan fingerprint density at radius 1 is 1.38 bits per heavy atom. The molecule has 1 nitrogen and oxygen atoms in total. The normalized spacial score (nSPS) is 25.3. The van der Waals surface area contributed by atoms with Crippen molar-refractivity contribution < 1.29 is 0 Å². The summed E-state index contributed by atoms with van der Waals surface area (Å²) in [4.78, 5) is 0.299. The summed E-state index contributed by atoms with van der Waals surface area (Å²) in [5.41, 5.74) is 3.03. The van der Waals surface area contributed by atoms with Crippen LogP contribution in [0.1, 0.15) is 29.9 Å². The monoisotopic (exact) mass is 239 g/mol. The van der Waals surface area contributed by atoms with Gasteiger partial charge in [-0.1, -0.05) is 40.2 Å². The molecule has 0 spiro atoms. The van der Waals surface area contributed by atoms with Gasteiger partial charge in [0.15, 0.2) is 0 Å². The van der Waals surface area contributed by atoms with Crippen LogP contribution in [0.3, 0.4) is 0 Å². The van der Waals surface area contributed by atoms with Crippen LogP contribution in [0.15, 0.2) is 24.3 Å². The summed E-state index contributed by atoms with van der Waals surface area (Å²) in [6.45, 7) is 4.47. The number of hydrogen-bond donors (Lipinski definition) is 1. The van der Waals surface area contributed by atoms with Crippen LogP contribution in [-0.2, 0) is 6.42 Å². The third-order valence-corrected chi connectivity index (χ3v) is 3.20. The molecule has 0 radical (unpaired) electrons. The highest BCUT2D eigenvalue weighted by atomic mass is 79.9. The van der Waals surface area contributed by atoms with Crippen LogP contribution in [0.4, 0.5) is 0 Å². The number of halogens is 1. The Morgan fingerprint density at radius 2 is 2.08 bits per heavy atom. The lowest BCUT2D eigenvalue weighted by Crippen LogP contribution is -2.45. The molecule has 70 valence electrons. The summed E-state index contributed by atoms with van der Waals surface area (Å²) in [6, 6.07) is 8.59. The van der Waals surface area contributed by atoms with Crippen molar-refractivity contribution in [3.05, 3.63) is 35.4 Å². The Kier molecular flexibility index (Phi) is 2.20. The highest BCUT2D eigenvalue weighted by molar-refractivity contribution is 9.09. The van der Waals surface area contributed by atoms with Crippen LogP contribution in [0.2, 0.25) is 0 Å². The first-order valence-corrected chi connectivity index (χ1v) is 5.50. The fraction of sp³-hybridized carbons (Fsp3) is 0.455. The van der Waals surface area contributed by atoms with Crippen molar-refractivity contribution in [2.75, 3.05) is 0 Å². The number of nitrogens with one attached hydrogen (secondary N) is 1. The van der Waals surface area contributed by atoms with E-state index in [0.29, 0.717) is 4.95 Å². The number of hydrogen-bond acceptors (Lipinski definition) is 1. The summed E-state index contributed by atoms with van der Waals surface area (Å²) in [6.07, 6.45) is 1.10. The van der Waals surface area contributed by atoms with Crippen molar-refractivity contribution >= 4 is 15.9 Å². The first-order chi connectivity index (χ1) is 6.08. The standard InChI is InChI=1S/C11H14BrN/c1-11(2)7-8-5-3-4-6-9(8)10(12)13-11/h3-6,10,13H,7H2,1-2H3. The Morgan fingerprint density at radius 3 is 2.85 bits per heavy atom. The van der Waals surface area contributed by atoms with Crippen LogP contribution in [0.25, 0.3) is 0 Å². The van der Waals surface area contributed by atoms with Gasteiger partial charge >= 0.3 is 0 Å². The Balaban J connectivity index is 2.43. The Bertz CT molecular complexity index is 320. The molecule has 1 aliphatic rings. The van der Waals surface area contributed by atoms with E-state index in [1.54, 1.807) is 0 Å². The molecule has 1 N–H and O–H groups in total. The second-order valence-electron chi connectivity index (χ2n) is 4.27. The first-order valence-electron chi connectivity index (χ1n) is 4.58. The molecule has 0 amide bonds. The van der Waals surface area contributed by atoms with Crippen molar-refractivity contribution in [3.63, 3.8) is 0 Å². The summed E-state index contributed by atoms with van der Waals surface area (Å²) in [5.74, 6) is 0. The molecular formula is C11H14BrN. The van der Waals surface area contributed by atoms with Crippen LogP contribution in [-0.4, -0.2) is 5.54 Å². The van der Waals surface area contributed by atoms with E-state index in [2.05, 4.69) is 59.4 Å². The van der Waals surface area contributed by atoms with E-state index < -0.39 is 0 Å². The Hall–Kier alpha value is -0.340. The number of benzene rings is 1. The van der Waals surface area contributed by atoms with Crippen molar-refractivity contribution in [3.8, 4) is 0 Å². The van der Waals surface area contributed by atoms with Gasteiger partial charge in [0.2, 0.25) is 0 Å². The SMILES string of the molecule is CC1(C)Cc2ccccc2C(Br)N1. The van der Waals surface area contributed by atoms with Gasteiger partial charge in [0.1, 0.15) is 0 Å². The molecule has 1 aliphatic heterocycles. The molecule has 0 saturated heterocycles. The molecule has 0 saturated carbocycles. The van der Waals surface area contributed by atoms with E-state index in [9.17, 15) is 0 Å². The van der Waals surface area contributed by atoms with Crippen LogP contribution in [0, 0.1) is 0 Å². The highest BCUT2D eigenvalue weighted by Crippen LogP contribution is 2.33. The molecule has 0 aliphatic carbocycles. The zero-order valence-corrected chi connectivity index (χ0v) is 9.56. The molecule has 2 heteroatoms. The molecule has 13 heavy (non-hydrogen) atoms. The summed E-state index contributed by atoms with van der Waals surface area (Å²) < 4.78 is 0. The van der Waals surface area contributed by atoms with Gasteiger partial charge in [-0.25, -0.2) is 0 Å². The summed E-state index contributed by atoms with van der Waals surface area (Å²) in [5, 5.41) is 3.53. The minimum atomic E-state index is 0.197. The fourth-order valence-electron chi connectivity index (χ4n) is 1.89. The van der Waals surface area contributed by atoms with Gasteiger partial charge in [-0.15, -0.1) is 0 Å². The molecule has 0 fully saturated rings. The third-order valence-electron chi connectivity index (χ3n) is 2.48. The molecule has 1 unspecified atom stereocenters. The maximum atomic E-state index is 3.65. The third kappa shape index (κ3) is 1.79. The average Bonchev–Trinajstić information content (AvgIpc) is 2.02. The minimum absolute atomic E-state index is 0.197. The van der Waals surface area contributed by atoms with E-state index in [1.165, 1.54) is 11.1 Å². The van der Waals surface area contributed by atoms with Gasteiger partial charge in [0, 0.05) is 5.54 Å². The van der Waals surface area contributed by atoms with Crippen molar-refractivity contribution in [2.45, 2.75) is 30.8 Å². The van der Waals surface area contributed by atoms with Gasteiger partial charge in [-0.05, 0) is 31.4 Å². The predicted molar refractivity (Wildman–Crippen MR) is 59.0 cm³/mol. The molecule has 2 rings (SSSR count). The molecule has 0 aromatic heterocycles. The quantitative estimate of drug-likeness (QED) is 0.543. The van der Waals surface area contributed by atoms with Gasteiger partial charge < -0.3 is 0 Å². The fourth-order valence-corrected chi connectivity index (χ4v) is 2.96. The second kappa shape index (κ2) is 3.10. The zero-order chi connectivity index (χ0) is 9.47. The number of rotatable bonds is 0. The molecule has 1 aromatic rings. The van der Waals surface area contributed by atoms with Crippen LogP contribution < -0.4 is 5.32 Å². The smallest absolute Gasteiger partial charge is 0.0893 e. The molecule has 1 aromatic carbocycles. The predicted octanol–water partition coefficient (Wildman–Crippen LogP) is 3.00. The molecule has 1 heterocycles. The zero-order valence-electron chi connectivity index (χ0n) is 7.97. The van der Waals surface area contributed by atoms with Crippen molar-refractivity contribution in [2.24, 2.45) is 0 Å². The van der Waals surface area contributed by atoms with E-state index in [1.807, 2.05) is 0 Å². The minimum Gasteiger partial charge on any atom is -0.296 e. The van der Waals surface area contributed by atoms with Gasteiger partial charge in [-0.2, -0.15) is 0 Å². The van der Waals surface area contributed by atoms with Gasteiger partial charge in [-0.3, -0.25) is 5.32 Å². The topological polar surface area (TPSA) is 12.0 Å². The lowest BCUT2D eigenvalue weighted by atomic mass is 9.88. The molecular weight excluding hydrogens is 226 g/mol. The van der Waals surface area contributed by atoms with E-state index >= 15 is 0 Å². The molecule has 0 bridgehead atoms. The van der Waals surface area contributed by atoms with Crippen LogP contribution >= 0.6 is 15.9 Å². The highest BCUT2D eigenvalue weighted by Gasteiger charge is 2.29. The van der Waals surface area contributed by atoms with Gasteiger partial charge in [0.05, 0.1) is 4.95 Å². The number of alkyl halides is 1. The van der Waals surface area contributed by atoms with Crippen molar-refractivity contribution in [1.29, 1.82) is 0 Å².